The molecule has 0 heterocycles. The molecule has 96 valence electrons. The lowest BCUT2D eigenvalue weighted by Crippen LogP contribution is -1.99. The minimum atomic E-state index is 0.172. The fraction of sp³-hybridized carbons (Fsp3) is 0.471. The maximum Gasteiger partial charge on any atom is 0.163 e. The molecule has 18 heavy (non-hydrogen) atoms. The molecule has 1 aromatic rings. The van der Waals surface area contributed by atoms with Gasteiger partial charge in [-0.05, 0) is 12.5 Å². The first kappa shape index (κ1) is 14.5. The molecule has 1 heteroatoms. The summed E-state index contributed by atoms with van der Waals surface area (Å²) in [6.45, 7) is 4.09. The molecule has 0 radical (unpaired) electrons. The van der Waals surface area contributed by atoms with Gasteiger partial charge in [-0.1, -0.05) is 63.1 Å². The Bertz CT molecular complexity index is 434. The zero-order valence-corrected chi connectivity index (χ0v) is 11.5. The Kier molecular flexibility index (Phi) is 6.87. The summed E-state index contributed by atoms with van der Waals surface area (Å²) >= 11 is 0. The van der Waals surface area contributed by atoms with Crippen LogP contribution in [0.2, 0.25) is 0 Å². The van der Waals surface area contributed by atoms with Gasteiger partial charge < -0.3 is 0 Å². The van der Waals surface area contributed by atoms with Crippen LogP contribution in [0.4, 0.5) is 0 Å². The van der Waals surface area contributed by atoms with Crippen molar-refractivity contribution in [2.45, 2.75) is 52.4 Å². The van der Waals surface area contributed by atoms with E-state index in [9.17, 15) is 4.79 Å². The lowest BCUT2D eigenvalue weighted by Gasteiger charge is -2.00. The normalized spacial score (nSPS) is 9.67. The van der Waals surface area contributed by atoms with Crippen molar-refractivity contribution in [2.75, 3.05) is 0 Å². The molecule has 0 aliphatic carbocycles. The van der Waals surface area contributed by atoms with E-state index in [1.165, 1.54) is 19.3 Å². The Morgan fingerprint density at radius 3 is 2.61 bits per heavy atom. The molecular formula is C17H22O. The Morgan fingerprint density at radius 1 is 1.11 bits per heavy atom. The van der Waals surface area contributed by atoms with Crippen LogP contribution < -0.4 is 0 Å². The number of ketones is 1. The Balaban J connectivity index is 2.61. The molecule has 0 spiro atoms. The van der Waals surface area contributed by atoms with Crippen molar-refractivity contribution in [1.29, 1.82) is 0 Å². The van der Waals surface area contributed by atoms with Gasteiger partial charge in [0.1, 0.15) is 0 Å². The fourth-order valence-electron chi connectivity index (χ4n) is 1.82. The molecule has 0 saturated carbocycles. The van der Waals surface area contributed by atoms with Crippen molar-refractivity contribution in [3.05, 3.63) is 35.4 Å². The Labute approximate surface area is 111 Å². The number of rotatable bonds is 6. The SMILES string of the molecule is CCCCCCC#Cc1ccccc1C(=O)CC. The van der Waals surface area contributed by atoms with E-state index in [2.05, 4.69) is 18.8 Å². The van der Waals surface area contributed by atoms with E-state index in [1.807, 2.05) is 31.2 Å². The first-order valence-electron chi connectivity index (χ1n) is 6.90. The van der Waals surface area contributed by atoms with Gasteiger partial charge in [0.25, 0.3) is 0 Å². The van der Waals surface area contributed by atoms with Crippen LogP contribution in [0.3, 0.4) is 0 Å². The largest absolute Gasteiger partial charge is 0.294 e. The zero-order chi connectivity index (χ0) is 13.2. The van der Waals surface area contributed by atoms with E-state index < -0.39 is 0 Å². The highest BCUT2D eigenvalue weighted by Crippen LogP contribution is 2.10. The summed E-state index contributed by atoms with van der Waals surface area (Å²) in [4.78, 5) is 11.7. The summed E-state index contributed by atoms with van der Waals surface area (Å²) in [7, 11) is 0. The van der Waals surface area contributed by atoms with Crippen molar-refractivity contribution in [2.24, 2.45) is 0 Å². The van der Waals surface area contributed by atoms with Gasteiger partial charge >= 0.3 is 0 Å². The standard InChI is InChI=1S/C17H22O/c1-3-5-6-7-8-9-12-15-13-10-11-14-16(15)17(18)4-2/h10-11,13-14H,3-8H2,1-2H3. The van der Waals surface area contributed by atoms with Crippen LogP contribution in [0.1, 0.15) is 68.3 Å². The molecule has 0 aliphatic rings. The van der Waals surface area contributed by atoms with Gasteiger partial charge in [0, 0.05) is 24.0 Å². The van der Waals surface area contributed by atoms with Crippen LogP contribution in [0.25, 0.3) is 0 Å². The van der Waals surface area contributed by atoms with E-state index in [0.717, 1.165) is 24.0 Å². The molecule has 1 aromatic carbocycles. The van der Waals surface area contributed by atoms with Gasteiger partial charge in [-0.2, -0.15) is 0 Å². The summed E-state index contributed by atoms with van der Waals surface area (Å²) < 4.78 is 0. The topological polar surface area (TPSA) is 17.1 Å². The molecule has 1 rings (SSSR count). The van der Waals surface area contributed by atoms with E-state index in [-0.39, 0.29) is 5.78 Å². The predicted molar refractivity (Wildman–Crippen MR) is 76.7 cm³/mol. The molecular weight excluding hydrogens is 220 g/mol. The van der Waals surface area contributed by atoms with E-state index >= 15 is 0 Å². The molecule has 0 amide bonds. The van der Waals surface area contributed by atoms with Gasteiger partial charge in [0.15, 0.2) is 5.78 Å². The number of hydrogen-bond donors (Lipinski definition) is 0. The smallest absolute Gasteiger partial charge is 0.163 e. The average Bonchev–Trinajstić information content (AvgIpc) is 2.42. The van der Waals surface area contributed by atoms with Crippen LogP contribution in [-0.4, -0.2) is 5.78 Å². The third-order valence-corrected chi connectivity index (χ3v) is 2.93. The van der Waals surface area contributed by atoms with Gasteiger partial charge in [0.05, 0.1) is 0 Å². The van der Waals surface area contributed by atoms with Crippen molar-refractivity contribution in [3.63, 3.8) is 0 Å². The van der Waals surface area contributed by atoms with E-state index in [0.29, 0.717) is 6.42 Å². The van der Waals surface area contributed by atoms with Gasteiger partial charge in [-0.25, -0.2) is 0 Å². The van der Waals surface area contributed by atoms with Crippen molar-refractivity contribution < 1.29 is 4.79 Å². The lowest BCUT2D eigenvalue weighted by atomic mass is 10.0. The quantitative estimate of drug-likeness (QED) is 0.405. The first-order valence-corrected chi connectivity index (χ1v) is 6.90. The van der Waals surface area contributed by atoms with Crippen LogP contribution in [0.5, 0.6) is 0 Å². The van der Waals surface area contributed by atoms with Gasteiger partial charge in [-0.3, -0.25) is 4.79 Å². The number of benzene rings is 1. The van der Waals surface area contributed by atoms with Crippen LogP contribution in [0.15, 0.2) is 24.3 Å². The number of hydrogen-bond acceptors (Lipinski definition) is 1. The highest BCUT2D eigenvalue weighted by molar-refractivity contribution is 5.98. The average molecular weight is 242 g/mol. The molecule has 1 nitrogen and oxygen atoms in total. The molecule has 0 saturated heterocycles. The minimum absolute atomic E-state index is 0.172. The van der Waals surface area contributed by atoms with Crippen LogP contribution in [-0.2, 0) is 0 Å². The monoisotopic (exact) mass is 242 g/mol. The Morgan fingerprint density at radius 2 is 1.89 bits per heavy atom. The number of carbonyl (C=O) groups excluding carboxylic acids is 1. The molecule has 0 N–H and O–H groups in total. The summed E-state index contributed by atoms with van der Waals surface area (Å²) in [6, 6.07) is 7.64. The minimum Gasteiger partial charge on any atom is -0.294 e. The molecule has 0 fully saturated rings. The third-order valence-electron chi connectivity index (χ3n) is 2.93. The highest BCUT2D eigenvalue weighted by Gasteiger charge is 2.06. The maximum atomic E-state index is 11.7. The molecule has 0 unspecified atom stereocenters. The number of carbonyl (C=O) groups is 1. The first-order chi connectivity index (χ1) is 8.79. The second kappa shape index (κ2) is 8.53. The zero-order valence-electron chi connectivity index (χ0n) is 11.5. The summed E-state index contributed by atoms with van der Waals surface area (Å²) in [6.07, 6.45) is 6.41. The summed E-state index contributed by atoms with van der Waals surface area (Å²) in [5.74, 6) is 6.48. The van der Waals surface area contributed by atoms with Gasteiger partial charge in [-0.15, -0.1) is 0 Å². The summed E-state index contributed by atoms with van der Waals surface area (Å²) in [5.41, 5.74) is 1.64. The van der Waals surface area contributed by atoms with Crippen molar-refractivity contribution in [1.82, 2.24) is 0 Å². The molecule has 0 bridgehead atoms. The predicted octanol–water partition coefficient (Wildman–Crippen LogP) is 4.60. The maximum absolute atomic E-state index is 11.7. The van der Waals surface area contributed by atoms with Crippen molar-refractivity contribution in [3.8, 4) is 11.8 Å². The fourth-order valence-corrected chi connectivity index (χ4v) is 1.82. The van der Waals surface area contributed by atoms with E-state index in [1.54, 1.807) is 0 Å². The number of unbranched alkanes of at least 4 members (excludes halogenated alkanes) is 4. The molecule has 0 aromatic heterocycles. The lowest BCUT2D eigenvalue weighted by molar-refractivity contribution is 0.0988. The second-order valence-corrected chi connectivity index (χ2v) is 4.43. The van der Waals surface area contributed by atoms with E-state index in [4.69, 9.17) is 0 Å². The number of Topliss-reactive ketones (excluding diaryl/α,β-unsaturated/α-hetero) is 1. The second-order valence-electron chi connectivity index (χ2n) is 4.43. The van der Waals surface area contributed by atoms with Crippen LogP contribution >= 0.6 is 0 Å². The Hall–Kier alpha value is -1.55. The van der Waals surface area contributed by atoms with Crippen molar-refractivity contribution >= 4 is 5.78 Å². The third kappa shape index (κ3) is 4.75. The summed E-state index contributed by atoms with van der Waals surface area (Å²) in [5, 5.41) is 0. The van der Waals surface area contributed by atoms with Gasteiger partial charge in [0.2, 0.25) is 0 Å². The molecule has 0 aliphatic heterocycles. The highest BCUT2D eigenvalue weighted by atomic mass is 16.1. The van der Waals surface area contributed by atoms with Crippen LogP contribution in [0, 0.1) is 11.8 Å². The molecule has 0 atom stereocenters.